The highest BCUT2D eigenvalue weighted by molar-refractivity contribution is 7.19. The molecule has 1 aromatic heterocycles. The van der Waals surface area contributed by atoms with Gasteiger partial charge in [0.25, 0.3) is 5.91 Å². The van der Waals surface area contributed by atoms with Crippen LogP contribution in [0.3, 0.4) is 0 Å². The van der Waals surface area contributed by atoms with Crippen molar-refractivity contribution >= 4 is 27.9 Å². The molecule has 0 spiro atoms. The number of amides is 1. The molecule has 100 valence electrons. The van der Waals surface area contributed by atoms with Crippen LogP contribution in [0.1, 0.15) is 36.4 Å². The zero-order valence-electron chi connectivity index (χ0n) is 10.7. The van der Waals surface area contributed by atoms with Gasteiger partial charge in [-0.1, -0.05) is 0 Å². The number of carbonyl (C=O) groups is 1. The lowest BCUT2D eigenvalue weighted by Gasteiger charge is -2.19. The van der Waals surface area contributed by atoms with Crippen molar-refractivity contribution in [1.29, 1.82) is 0 Å². The van der Waals surface area contributed by atoms with Gasteiger partial charge in [0, 0.05) is 13.1 Å². The molecule has 2 heterocycles. The van der Waals surface area contributed by atoms with Gasteiger partial charge in [0.2, 0.25) is 0 Å². The van der Waals surface area contributed by atoms with E-state index in [0.29, 0.717) is 16.3 Å². The number of anilines is 2. The van der Waals surface area contributed by atoms with Gasteiger partial charge < -0.3 is 21.1 Å². The molecule has 0 aliphatic carbocycles. The van der Waals surface area contributed by atoms with Crippen molar-refractivity contribution in [2.75, 3.05) is 23.7 Å². The number of rotatable bonds is 4. The molecule has 0 saturated carbocycles. The average molecular weight is 269 g/mol. The van der Waals surface area contributed by atoms with Crippen molar-refractivity contribution in [3.63, 3.8) is 0 Å². The molecule has 0 bridgehead atoms. The molecule has 0 atom stereocenters. The van der Waals surface area contributed by atoms with E-state index in [2.05, 4.69) is 4.90 Å². The summed E-state index contributed by atoms with van der Waals surface area (Å²) in [7, 11) is 0. The highest BCUT2D eigenvalue weighted by atomic mass is 32.1. The van der Waals surface area contributed by atoms with E-state index in [1.807, 2.05) is 13.8 Å². The third-order valence-electron chi connectivity index (χ3n) is 2.85. The quantitative estimate of drug-likeness (QED) is 0.873. The second-order valence-electron chi connectivity index (χ2n) is 4.70. The van der Waals surface area contributed by atoms with Crippen molar-refractivity contribution < 1.29 is 9.53 Å². The monoisotopic (exact) mass is 269 g/mol. The first kappa shape index (κ1) is 13.0. The Morgan fingerprint density at radius 3 is 2.50 bits per heavy atom. The molecular weight excluding hydrogens is 250 g/mol. The fourth-order valence-electron chi connectivity index (χ4n) is 2.08. The number of hydrogen-bond acceptors (Lipinski definition) is 5. The molecule has 18 heavy (non-hydrogen) atoms. The van der Waals surface area contributed by atoms with Crippen LogP contribution in [0.25, 0.3) is 0 Å². The second-order valence-corrected chi connectivity index (χ2v) is 5.70. The van der Waals surface area contributed by atoms with Crippen molar-refractivity contribution in [2.45, 2.75) is 32.8 Å². The summed E-state index contributed by atoms with van der Waals surface area (Å²) < 4.78 is 5.76. The van der Waals surface area contributed by atoms with Gasteiger partial charge in [-0.25, -0.2) is 0 Å². The molecular formula is C12H19N3O2S. The average Bonchev–Trinajstić information content (AvgIpc) is 2.87. The van der Waals surface area contributed by atoms with E-state index in [1.165, 1.54) is 11.3 Å². The fraction of sp³-hybridized carbons (Fsp3) is 0.583. The normalized spacial score (nSPS) is 15.4. The summed E-state index contributed by atoms with van der Waals surface area (Å²) in [6.07, 6.45) is 2.33. The number of nitrogens with zero attached hydrogens (tertiary/aromatic N) is 1. The SMILES string of the molecule is CC(C)Oc1c(N2CCCC2)sc(C(N)=O)c1N. The molecule has 6 heteroatoms. The Labute approximate surface area is 111 Å². The van der Waals surface area contributed by atoms with Crippen LogP contribution in [-0.4, -0.2) is 25.1 Å². The van der Waals surface area contributed by atoms with Gasteiger partial charge >= 0.3 is 0 Å². The lowest BCUT2D eigenvalue weighted by molar-refractivity contribution is 0.100. The summed E-state index contributed by atoms with van der Waals surface area (Å²) in [4.78, 5) is 14.0. The maximum absolute atomic E-state index is 11.4. The number of ether oxygens (including phenoxy) is 1. The number of nitrogens with two attached hydrogens (primary N) is 2. The second kappa shape index (κ2) is 5.06. The number of hydrogen-bond donors (Lipinski definition) is 2. The first-order valence-electron chi connectivity index (χ1n) is 6.14. The minimum Gasteiger partial charge on any atom is -0.486 e. The van der Waals surface area contributed by atoms with Crippen LogP contribution >= 0.6 is 11.3 Å². The van der Waals surface area contributed by atoms with Crippen LogP contribution in [0, 0.1) is 0 Å². The maximum Gasteiger partial charge on any atom is 0.261 e. The Morgan fingerprint density at radius 1 is 1.39 bits per heavy atom. The predicted octanol–water partition coefficient (Wildman–Crippen LogP) is 1.82. The van der Waals surface area contributed by atoms with Gasteiger partial charge in [-0.15, -0.1) is 11.3 Å². The van der Waals surface area contributed by atoms with Crippen LogP contribution in [0.2, 0.25) is 0 Å². The van der Waals surface area contributed by atoms with Gasteiger partial charge in [-0.05, 0) is 26.7 Å². The summed E-state index contributed by atoms with van der Waals surface area (Å²) in [5.41, 5.74) is 11.7. The molecule has 0 aromatic carbocycles. The molecule has 1 aromatic rings. The third-order valence-corrected chi connectivity index (χ3v) is 4.12. The van der Waals surface area contributed by atoms with Gasteiger partial charge in [0.05, 0.1) is 6.10 Å². The molecule has 4 N–H and O–H groups in total. The topological polar surface area (TPSA) is 81.6 Å². The van der Waals surface area contributed by atoms with E-state index in [0.717, 1.165) is 30.9 Å². The molecule has 2 rings (SSSR count). The van der Waals surface area contributed by atoms with E-state index < -0.39 is 5.91 Å². The van der Waals surface area contributed by atoms with Crippen LogP contribution in [0.4, 0.5) is 10.7 Å². The first-order valence-corrected chi connectivity index (χ1v) is 6.96. The van der Waals surface area contributed by atoms with Crippen LogP contribution in [-0.2, 0) is 0 Å². The van der Waals surface area contributed by atoms with E-state index in [1.54, 1.807) is 0 Å². The number of thiophene rings is 1. The largest absolute Gasteiger partial charge is 0.486 e. The van der Waals surface area contributed by atoms with E-state index in [9.17, 15) is 4.79 Å². The lowest BCUT2D eigenvalue weighted by atomic mass is 10.3. The summed E-state index contributed by atoms with van der Waals surface area (Å²) in [6.45, 7) is 5.84. The molecule has 1 aliphatic rings. The van der Waals surface area contributed by atoms with E-state index in [4.69, 9.17) is 16.2 Å². The Hall–Kier alpha value is -1.43. The number of primary amides is 1. The van der Waals surface area contributed by atoms with E-state index in [-0.39, 0.29) is 6.10 Å². The van der Waals surface area contributed by atoms with Crippen molar-refractivity contribution in [1.82, 2.24) is 0 Å². The summed E-state index contributed by atoms with van der Waals surface area (Å²) >= 11 is 1.33. The number of nitrogen functional groups attached to an aromatic ring is 1. The molecule has 1 aliphatic heterocycles. The smallest absolute Gasteiger partial charge is 0.261 e. The number of carbonyl (C=O) groups excluding carboxylic acids is 1. The Balaban J connectivity index is 2.41. The third kappa shape index (κ3) is 2.38. The Kier molecular flexibility index (Phi) is 3.65. The highest BCUT2D eigenvalue weighted by Gasteiger charge is 2.26. The summed E-state index contributed by atoms with van der Waals surface area (Å²) in [6, 6.07) is 0. The highest BCUT2D eigenvalue weighted by Crippen LogP contribution is 2.46. The predicted molar refractivity (Wildman–Crippen MR) is 74.5 cm³/mol. The maximum atomic E-state index is 11.4. The lowest BCUT2D eigenvalue weighted by Crippen LogP contribution is -2.18. The van der Waals surface area contributed by atoms with Gasteiger partial charge in [-0.3, -0.25) is 4.79 Å². The first-order chi connectivity index (χ1) is 8.50. The molecule has 0 radical (unpaired) electrons. The molecule has 1 amide bonds. The van der Waals surface area contributed by atoms with Crippen LogP contribution < -0.4 is 21.1 Å². The van der Waals surface area contributed by atoms with E-state index >= 15 is 0 Å². The molecule has 1 fully saturated rings. The molecule has 5 nitrogen and oxygen atoms in total. The van der Waals surface area contributed by atoms with Crippen molar-refractivity contribution in [3.8, 4) is 5.75 Å². The minimum atomic E-state index is -0.489. The molecule has 1 saturated heterocycles. The summed E-state index contributed by atoms with van der Waals surface area (Å²) in [5.74, 6) is 0.127. The van der Waals surface area contributed by atoms with Crippen molar-refractivity contribution in [3.05, 3.63) is 4.88 Å². The van der Waals surface area contributed by atoms with Gasteiger partial charge in [0.15, 0.2) is 5.75 Å². The minimum absolute atomic E-state index is 0.0176. The summed E-state index contributed by atoms with van der Waals surface area (Å²) in [5, 5.41) is 0.938. The van der Waals surface area contributed by atoms with Crippen LogP contribution in [0.15, 0.2) is 0 Å². The Morgan fingerprint density at radius 2 is 2.00 bits per heavy atom. The zero-order valence-corrected chi connectivity index (χ0v) is 11.5. The van der Waals surface area contributed by atoms with Crippen molar-refractivity contribution in [2.24, 2.45) is 5.73 Å². The zero-order chi connectivity index (χ0) is 13.3. The Bertz CT molecular complexity index is 450. The molecule has 0 unspecified atom stereocenters. The standard InChI is InChI=1S/C12H19N3O2S/c1-7(2)17-9-8(13)10(11(14)16)18-12(9)15-5-3-4-6-15/h7H,3-6,13H2,1-2H3,(H2,14,16). The van der Waals surface area contributed by atoms with Gasteiger partial charge in [0.1, 0.15) is 15.6 Å². The fourth-order valence-corrected chi connectivity index (χ4v) is 3.14. The van der Waals surface area contributed by atoms with Crippen LogP contribution in [0.5, 0.6) is 5.75 Å². The van der Waals surface area contributed by atoms with Gasteiger partial charge in [-0.2, -0.15) is 0 Å².